The predicted molar refractivity (Wildman–Crippen MR) is 111 cm³/mol. The van der Waals surface area contributed by atoms with Crippen molar-refractivity contribution in [1.29, 1.82) is 0 Å². The summed E-state index contributed by atoms with van der Waals surface area (Å²) >= 11 is 0. The number of esters is 2. The first-order valence-electron chi connectivity index (χ1n) is 11.3. The molecule has 29 heavy (non-hydrogen) atoms. The largest absolute Gasteiger partial charge is 0.393 e. The standard InChI is InChI=1S/C22H42O7/c1-2-3-4-5-6-7-8-9-10-11-12-13-14-15-16-22(28,18-24)21(27)29-20(26)19(25)17-23/h19,23-25,28H,2-18H2,1H3. The van der Waals surface area contributed by atoms with Crippen molar-refractivity contribution in [2.45, 2.75) is 115 Å². The molecule has 4 N–H and O–H groups in total. The number of unbranched alkanes of at least 4 members (excludes halogenated alkanes) is 13. The van der Waals surface area contributed by atoms with Gasteiger partial charge in [-0.2, -0.15) is 0 Å². The molecule has 0 aromatic rings. The Bertz CT molecular complexity index is 427. The van der Waals surface area contributed by atoms with Crippen LogP contribution >= 0.6 is 0 Å². The molecule has 7 nitrogen and oxygen atoms in total. The summed E-state index contributed by atoms with van der Waals surface area (Å²) in [6.45, 7) is 0.478. The highest BCUT2D eigenvalue weighted by Gasteiger charge is 2.38. The molecule has 0 aliphatic rings. The third-order valence-corrected chi connectivity index (χ3v) is 5.22. The summed E-state index contributed by atoms with van der Waals surface area (Å²) in [6, 6.07) is 0. The molecule has 172 valence electrons. The fraction of sp³-hybridized carbons (Fsp3) is 0.909. The van der Waals surface area contributed by atoms with Gasteiger partial charge in [0.1, 0.15) is 0 Å². The molecule has 0 amide bonds. The van der Waals surface area contributed by atoms with E-state index in [1.807, 2.05) is 0 Å². The maximum Gasteiger partial charge on any atom is 0.348 e. The minimum Gasteiger partial charge on any atom is -0.393 e. The normalized spacial score (nSPS) is 14.4. The highest BCUT2D eigenvalue weighted by Crippen LogP contribution is 2.19. The van der Waals surface area contributed by atoms with Crippen molar-refractivity contribution in [1.82, 2.24) is 0 Å². The number of hydrogen-bond acceptors (Lipinski definition) is 7. The molecule has 0 aliphatic heterocycles. The van der Waals surface area contributed by atoms with Gasteiger partial charge in [-0.3, -0.25) is 0 Å². The third kappa shape index (κ3) is 13.8. The second kappa shape index (κ2) is 17.8. The van der Waals surface area contributed by atoms with E-state index < -0.39 is 36.9 Å². The SMILES string of the molecule is CCCCCCCCCCCCCCCCC(O)(CO)C(=O)OC(=O)C(O)CO. The zero-order valence-electron chi connectivity index (χ0n) is 18.1. The van der Waals surface area contributed by atoms with Crippen LogP contribution in [-0.4, -0.2) is 57.3 Å². The van der Waals surface area contributed by atoms with E-state index in [0.717, 1.165) is 19.3 Å². The Morgan fingerprint density at radius 3 is 1.59 bits per heavy atom. The zero-order chi connectivity index (χ0) is 22.0. The minimum absolute atomic E-state index is 0.0249. The van der Waals surface area contributed by atoms with Gasteiger partial charge in [0.05, 0.1) is 13.2 Å². The van der Waals surface area contributed by atoms with Crippen molar-refractivity contribution in [2.75, 3.05) is 13.2 Å². The Kier molecular flexibility index (Phi) is 17.2. The number of hydrogen-bond donors (Lipinski definition) is 4. The van der Waals surface area contributed by atoms with E-state index in [1.54, 1.807) is 0 Å². The molecular formula is C22H42O7. The summed E-state index contributed by atoms with van der Waals surface area (Å²) in [6.07, 6.45) is 14.6. The molecule has 0 aromatic heterocycles. The van der Waals surface area contributed by atoms with E-state index in [2.05, 4.69) is 11.7 Å². The monoisotopic (exact) mass is 418 g/mol. The fourth-order valence-corrected chi connectivity index (χ4v) is 3.19. The fourth-order valence-electron chi connectivity index (χ4n) is 3.19. The summed E-state index contributed by atoms with van der Waals surface area (Å²) in [5, 5.41) is 37.2. The molecule has 0 radical (unpaired) electrons. The van der Waals surface area contributed by atoms with E-state index in [0.29, 0.717) is 6.42 Å². The molecule has 2 unspecified atom stereocenters. The minimum atomic E-state index is -2.16. The summed E-state index contributed by atoms with van der Waals surface area (Å²) in [5.74, 6) is -2.64. The molecule has 0 rings (SSSR count). The van der Waals surface area contributed by atoms with Gasteiger partial charge in [0.15, 0.2) is 11.7 Å². The van der Waals surface area contributed by atoms with Crippen LogP contribution in [0.1, 0.15) is 103 Å². The first-order chi connectivity index (χ1) is 13.9. The summed E-state index contributed by atoms with van der Waals surface area (Å²) < 4.78 is 4.33. The Morgan fingerprint density at radius 1 is 0.793 bits per heavy atom. The first-order valence-corrected chi connectivity index (χ1v) is 11.3. The molecule has 0 spiro atoms. The average Bonchev–Trinajstić information content (AvgIpc) is 2.72. The second-order valence-corrected chi connectivity index (χ2v) is 7.94. The van der Waals surface area contributed by atoms with Crippen molar-refractivity contribution in [3.8, 4) is 0 Å². The number of aliphatic hydroxyl groups is 4. The van der Waals surface area contributed by atoms with Crippen LogP contribution in [0.5, 0.6) is 0 Å². The Labute approximate surface area is 175 Å². The maximum absolute atomic E-state index is 11.8. The lowest BCUT2D eigenvalue weighted by molar-refractivity contribution is -0.183. The van der Waals surface area contributed by atoms with E-state index in [9.17, 15) is 19.8 Å². The van der Waals surface area contributed by atoms with Crippen LogP contribution in [0.15, 0.2) is 0 Å². The molecule has 0 saturated carbocycles. The lowest BCUT2D eigenvalue weighted by Crippen LogP contribution is -2.46. The summed E-state index contributed by atoms with van der Waals surface area (Å²) in [7, 11) is 0. The molecular weight excluding hydrogens is 376 g/mol. The quantitative estimate of drug-likeness (QED) is 0.144. The van der Waals surface area contributed by atoms with Crippen LogP contribution < -0.4 is 0 Å². The van der Waals surface area contributed by atoms with Gasteiger partial charge in [0.2, 0.25) is 0 Å². The highest BCUT2D eigenvalue weighted by molar-refractivity contribution is 5.92. The number of rotatable bonds is 19. The van der Waals surface area contributed by atoms with E-state index in [1.165, 1.54) is 64.2 Å². The van der Waals surface area contributed by atoms with Crippen LogP contribution in [0, 0.1) is 0 Å². The summed E-state index contributed by atoms with van der Waals surface area (Å²) in [4.78, 5) is 23.1. The van der Waals surface area contributed by atoms with Gasteiger partial charge in [0.25, 0.3) is 0 Å². The number of carbonyl (C=O) groups excluding carboxylic acids is 2. The van der Waals surface area contributed by atoms with E-state index in [-0.39, 0.29) is 6.42 Å². The smallest absolute Gasteiger partial charge is 0.348 e. The molecule has 0 bridgehead atoms. The van der Waals surface area contributed by atoms with Gasteiger partial charge in [-0.25, -0.2) is 9.59 Å². The first kappa shape index (κ1) is 28.0. The van der Waals surface area contributed by atoms with Crippen LogP contribution in [0.2, 0.25) is 0 Å². The number of aliphatic hydroxyl groups excluding tert-OH is 3. The van der Waals surface area contributed by atoms with Crippen molar-refractivity contribution in [2.24, 2.45) is 0 Å². The summed E-state index contributed by atoms with van der Waals surface area (Å²) in [5.41, 5.74) is -2.16. The Balaban J connectivity index is 3.73. The van der Waals surface area contributed by atoms with E-state index >= 15 is 0 Å². The predicted octanol–water partition coefficient (Wildman–Crippen LogP) is 3.00. The maximum atomic E-state index is 11.8. The molecule has 0 aliphatic carbocycles. The second-order valence-electron chi connectivity index (χ2n) is 7.94. The van der Waals surface area contributed by atoms with Gasteiger partial charge in [-0.1, -0.05) is 90.4 Å². The third-order valence-electron chi connectivity index (χ3n) is 5.22. The molecule has 0 aromatic carbocycles. The Morgan fingerprint density at radius 2 is 1.21 bits per heavy atom. The van der Waals surface area contributed by atoms with Gasteiger partial charge in [0, 0.05) is 0 Å². The van der Waals surface area contributed by atoms with Crippen molar-refractivity contribution < 1.29 is 34.8 Å². The molecule has 0 fully saturated rings. The lowest BCUT2D eigenvalue weighted by Gasteiger charge is -2.23. The molecule has 0 heterocycles. The van der Waals surface area contributed by atoms with Gasteiger partial charge >= 0.3 is 11.9 Å². The van der Waals surface area contributed by atoms with Gasteiger partial charge in [-0.15, -0.1) is 0 Å². The topological polar surface area (TPSA) is 124 Å². The van der Waals surface area contributed by atoms with Gasteiger partial charge in [-0.05, 0) is 12.8 Å². The molecule has 7 heteroatoms. The molecule has 2 atom stereocenters. The van der Waals surface area contributed by atoms with Crippen LogP contribution in [0.3, 0.4) is 0 Å². The zero-order valence-corrected chi connectivity index (χ0v) is 18.1. The van der Waals surface area contributed by atoms with Crippen LogP contribution in [0.25, 0.3) is 0 Å². The average molecular weight is 419 g/mol. The van der Waals surface area contributed by atoms with Crippen molar-refractivity contribution in [3.63, 3.8) is 0 Å². The van der Waals surface area contributed by atoms with Crippen molar-refractivity contribution in [3.05, 3.63) is 0 Å². The molecule has 0 saturated heterocycles. The number of ether oxygens (including phenoxy) is 1. The van der Waals surface area contributed by atoms with Crippen LogP contribution in [-0.2, 0) is 14.3 Å². The highest BCUT2D eigenvalue weighted by atomic mass is 16.6. The Hall–Kier alpha value is -1.02. The lowest BCUT2D eigenvalue weighted by atomic mass is 9.96. The van der Waals surface area contributed by atoms with Crippen molar-refractivity contribution >= 4 is 11.9 Å². The van der Waals surface area contributed by atoms with E-state index in [4.69, 9.17) is 10.2 Å². The van der Waals surface area contributed by atoms with Gasteiger partial charge < -0.3 is 25.2 Å². The van der Waals surface area contributed by atoms with Crippen LogP contribution in [0.4, 0.5) is 0 Å². The number of carbonyl (C=O) groups is 2.